The van der Waals surface area contributed by atoms with E-state index in [9.17, 15) is 0 Å². The van der Waals surface area contributed by atoms with E-state index in [-0.39, 0.29) is 0 Å². The van der Waals surface area contributed by atoms with Gasteiger partial charge in [-0.05, 0) is 47.9 Å². The van der Waals surface area contributed by atoms with Crippen LogP contribution in [0, 0.1) is 5.92 Å². The second-order valence-corrected chi connectivity index (χ2v) is 6.05. The summed E-state index contributed by atoms with van der Waals surface area (Å²) in [5.74, 6) is 1.51. The van der Waals surface area contributed by atoms with Gasteiger partial charge in [-0.1, -0.05) is 18.5 Å². The zero-order valence-electron chi connectivity index (χ0n) is 10.1. The van der Waals surface area contributed by atoms with E-state index in [2.05, 4.69) is 45.1 Å². The van der Waals surface area contributed by atoms with Crippen LogP contribution in [0.5, 0.6) is 0 Å². The van der Waals surface area contributed by atoms with E-state index in [0.717, 1.165) is 29.8 Å². The number of hydrogen-bond acceptors (Lipinski definition) is 3. The molecule has 1 aliphatic heterocycles. The van der Waals surface area contributed by atoms with Gasteiger partial charge in [0, 0.05) is 18.8 Å². The molecule has 1 aromatic rings. The Labute approximate surface area is 116 Å². The molecule has 0 aliphatic carbocycles. The first-order chi connectivity index (χ1) is 8.06. The van der Waals surface area contributed by atoms with Gasteiger partial charge in [-0.3, -0.25) is 0 Å². The minimum Gasteiger partial charge on any atom is -0.366 e. The lowest BCUT2D eigenvalue weighted by Crippen LogP contribution is -2.43. The summed E-state index contributed by atoms with van der Waals surface area (Å²) in [4.78, 5) is 6.69. The first-order valence-corrected chi connectivity index (χ1v) is 6.99. The molecule has 2 heterocycles. The van der Waals surface area contributed by atoms with Crippen LogP contribution >= 0.6 is 27.5 Å². The smallest absolute Gasteiger partial charge is 0.140 e. The minimum atomic E-state index is 0.483. The lowest BCUT2D eigenvalue weighted by Gasteiger charge is -2.35. The molecule has 2 unspecified atom stereocenters. The molecule has 1 aromatic heterocycles. The van der Waals surface area contributed by atoms with Crippen molar-refractivity contribution in [2.75, 3.05) is 25.5 Å². The van der Waals surface area contributed by atoms with Crippen molar-refractivity contribution >= 4 is 33.3 Å². The maximum Gasteiger partial charge on any atom is 0.140 e. The standard InChI is InChI=1S/C12H17BrClN3/c1-8-7-17(2)4-3-11(8)16-12-10(13)5-9(14)6-15-12/h5-6,8,11H,3-4,7H2,1-2H3,(H,15,16). The molecule has 1 saturated heterocycles. The molecule has 17 heavy (non-hydrogen) atoms. The van der Waals surface area contributed by atoms with Gasteiger partial charge in [-0.25, -0.2) is 4.98 Å². The second kappa shape index (κ2) is 5.55. The summed E-state index contributed by atoms with van der Waals surface area (Å²) in [5.41, 5.74) is 0. The third-order valence-corrected chi connectivity index (χ3v) is 4.05. The number of aromatic nitrogens is 1. The van der Waals surface area contributed by atoms with Gasteiger partial charge in [0.2, 0.25) is 0 Å². The number of piperidine rings is 1. The molecule has 2 rings (SSSR count). The molecule has 1 aliphatic rings. The highest BCUT2D eigenvalue weighted by Crippen LogP contribution is 2.26. The van der Waals surface area contributed by atoms with Crippen molar-refractivity contribution in [1.82, 2.24) is 9.88 Å². The normalized spacial score (nSPS) is 25.9. The molecule has 2 atom stereocenters. The molecule has 1 fully saturated rings. The lowest BCUT2D eigenvalue weighted by molar-refractivity contribution is 0.206. The van der Waals surface area contributed by atoms with Crippen molar-refractivity contribution in [3.8, 4) is 0 Å². The van der Waals surface area contributed by atoms with Crippen molar-refractivity contribution in [2.45, 2.75) is 19.4 Å². The third kappa shape index (κ3) is 3.33. The Bertz CT molecular complexity index is 399. The van der Waals surface area contributed by atoms with E-state index in [1.165, 1.54) is 0 Å². The Hall–Kier alpha value is -0.320. The molecule has 94 valence electrons. The number of nitrogens with zero attached hydrogens (tertiary/aromatic N) is 2. The van der Waals surface area contributed by atoms with Gasteiger partial charge < -0.3 is 10.2 Å². The molecule has 1 N–H and O–H groups in total. The Morgan fingerprint density at radius 3 is 3.00 bits per heavy atom. The zero-order valence-corrected chi connectivity index (χ0v) is 12.4. The van der Waals surface area contributed by atoms with Crippen LogP contribution in [0.25, 0.3) is 0 Å². The SMILES string of the molecule is CC1CN(C)CCC1Nc1ncc(Cl)cc1Br. The maximum absolute atomic E-state index is 5.88. The van der Waals surface area contributed by atoms with Crippen LogP contribution in [0.4, 0.5) is 5.82 Å². The third-order valence-electron chi connectivity index (χ3n) is 3.24. The predicted molar refractivity (Wildman–Crippen MR) is 75.6 cm³/mol. The Morgan fingerprint density at radius 2 is 2.35 bits per heavy atom. The fourth-order valence-electron chi connectivity index (χ4n) is 2.26. The highest BCUT2D eigenvalue weighted by molar-refractivity contribution is 9.10. The van der Waals surface area contributed by atoms with Gasteiger partial charge in [0.1, 0.15) is 5.82 Å². The van der Waals surface area contributed by atoms with Crippen LogP contribution in [0.1, 0.15) is 13.3 Å². The molecule has 0 radical (unpaired) electrons. The number of rotatable bonds is 2. The number of pyridine rings is 1. The predicted octanol–water partition coefficient (Wildman–Crippen LogP) is 3.25. The first kappa shape index (κ1) is 13.1. The van der Waals surface area contributed by atoms with Gasteiger partial charge in [0.25, 0.3) is 0 Å². The molecule has 0 saturated carbocycles. The summed E-state index contributed by atoms with van der Waals surface area (Å²) < 4.78 is 0.927. The number of nitrogens with one attached hydrogen (secondary N) is 1. The molecule has 0 spiro atoms. The molecule has 0 amide bonds. The topological polar surface area (TPSA) is 28.2 Å². The summed E-state index contributed by atoms with van der Waals surface area (Å²) in [6.45, 7) is 4.53. The monoisotopic (exact) mass is 317 g/mol. The van der Waals surface area contributed by atoms with Crippen molar-refractivity contribution in [3.63, 3.8) is 0 Å². The fraction of sp³-hybridized carbons (Fsp3) is 0.583. The Kier molecular flexibility index (Phi) is 4.28. The van der Waals surface area contributed by atoms with Gasteiger partial charge in [-0.2, -0.15) is 0 Å². The zero-order chi connectivity index (χ0) is 12.4. The summed E-state index contributed by atoms with van der Waals surface area (Å²) in [5, 5.41) is 4.16. The van der Waals surface area contributed by atoms with Crippen molar-refractivity contribution in [1.29, 1.82) is 0 Å². The highest BCUT2D eigenvalue weighted by atomic mass is 79.9. The molecule has 3 nitrogen and oxygen atoms in total. The summed E-state index contributed by atoms with van der Waals surface area (Å²) in [7, 11) is 2.17. The van der Waals surface area contributed by atoms with E-state index in [1.807, 2.05) is 6.07 Å². The van der Waals surface area contributed by atoms with Gasteiger partial charge >= 0.3 is 0 Å². The van der Waals surface area contributed by atoms with E-state index >= 15 is 0 Å². The number of likely N-dealkylation sites (tertiary alicyclic amines) is 1. The van der Waals surface area contributed by atoms with Crippen molar-refractivity contribution in [2.24, 2.45) is 5.92 Å². The Balaban J connectivity index is 2.05. The van der Waals surface area contributed by atoms with E-state index < -0.39 is 0 Å². The molecule has 0 aromatic carbocycles. The van der Waals surface area contributed by atoms with E-state index in [1.54, 1.807) is 6.20 Å². The van der Waals surface area contributed by atoms with Gasteiger partial charge in [0.15, 0.2) is 0 Å². The van der Waals surface area contributed by atoms with E-state index in [4.69, 9.17) is 11.6 Å². The summed E-state index contributed by atoms with van der Waals surface area (Å²) in [6.07, 6.45) is 2.82. The van der Waals surface area contributed by atoms with Crippen LogP contribution in [0.2, 0.25) is 5.02 Å². The highest BCUT2D eigenvalue weighted by Gasteiger charge is 2.24. The molecular weight excluding hydrogens is 302 g/mol. The van der Waals surface area contributed by atoms with E-state index in [0.29, 0.717) is 17.0 Å². The molecular formula is C12H17BrClN3. The second-order valence-electron chi connectivity index (χ2n) is 4.76. The quantitative estimate of drug-likeness (QED) is 0.907. The first-order valence-electron chi connectivity index (χ1n) is 5.82. The number of hydrogen-bond donors (Lipinski definition) is 1. The Morgan fingerprint density at radius 1 is 1.59 bits per heavy atom. The van der Waals surface area contributed by atoms with Crippen LogP contribution in [0.3, 0.4) is 0 Å². The van der Waals surface area contributed by atoms with Gasteiger partial charge in [-0.15, -0.1) is 0 Å². The molecule has 0 bridgehead atoms. The summed E-state index contributed by atoms with van der Waals surface area (Å²) in [6, 6.07) is 2.35. The average molecular weight is 319 g/mol. The van der Waals surface area contributed by atoms with Crippen molar-refractivity contribution in [3.05, 3.63) is 21.8 Å². The van der Waals surface area contributed by atoms with Crippen molar-refractivity contribution < 1.29 is 0 Å². The average Bonchev–Trinajstić information content (AvgIpc) is 2.25. The lowest BCUT2D eigenvalue weighted by atomic mass is 9.94. The maximum atomic E-state index is 5.88. The minimum absolute atomic E-state index is 0.483. The van der Waals surface area contributed by atoms with Crippen LogP contribution in [-0.4, -0.2) is 36.1 Å². The van der Waals surface area contributed by atoms with Gasteiger partial charge in [0.05, 0.1) is 9.50 Å². The molecule has 5 heteroatoms. The van der Waals surface area contributed by atoms with Crippen LogP contribution in [0.15, 0.2) is 16.7 Å². The van der Waals surface area contributed by atoms with Crippen LogP contribution in [-0.2, 0) is 0 Å². The fourth-order valence-corrected chi connectivity index (χ4v) is 3.02. The summed E-state index contributed by atoms with van der Waals surface area (Å²) >= 11 is 9.37. The number of halogens is 2. The largest absolute Gasteiger partial charge is 0.366 e. The number of anilines is 1. The van der Waals surface area contributed by atoms with Crippen LogP contribution < -0.4 is 5.32 Å².